The average Bonchev–Trinajstić information content (AvgIpc) is 3.14. The molecule has 2 aromatic carbocycles. The van der Waals surface area contributed by atoms with Crippen LogP contribution in [0, 0.1) is 0 Å². The van der Waals surface area contributed by atoms with Gasteiger partial charge in [-0.3, -0.25) is 14.5 Å². The van der Waals surface area contributed by atoms with Crippen molar-refractivity contribution in [2.45, 2.75) is 40.3 Å². The van der Waals surface area contributed by atoms with Gasteiger partial charge < -0.3 is 10.2 Å². The van der Waals surface area contributed by atoms with Gasteiger partial charge in [0.1, 0.15) is 0 Å². The SMILES string of the molecule is CCN(CC)Cc1ccccc1CNC(=O)c1ccc2c(c1)CCN2C(C)=O. The van der Waals surface area contributed by atoms with E-state index in [1.54, 1.807) is 17.9 Å². The van der Waals surface area contributed by atoms with Crippen molar-refractivity contribution in [2.24, 2.45) is 0 Å². The van der Waals surface area contributed by atoms with Crippen LogP contribution in [0.5, 0.6) is 0 Å². The summed E-state index contributed by atoms with van der Waals surface area (Å²) in [4.78, 5) is 28.5. The maximum absolute atomic E-state index is 12.7. The molecule has 0 aromatic heterocycles. The maximum atomic E-state index is 12.7. The van der Waals surface area contributed by atoms with Crippen molar-refractivity contribution in [3.05, 3.63) is 64.7 Å². The molecule has 3 rings (SSSR count). The Labute approximate surface area is 167 Å². The summed E-state index contributed by atoms with van der Waals surface area (Å²) < 4.78 is 0. The summed E-state index contributed by atoms with van der Waals surface area (Å²) in [7, 11) is 0. The summed E-state index contributed by atoms with van der Waals surface area (Å²) in [5, 5.41) is 3.05. The van der Waals surface area contributed by atoms with E-state index in [-0.39, 0.29) is 11.8 Å². The van der Waals surface area contributed by atoms with Crippen molar-refractivity contribution >= 4 is 17.5 Å². The number of carbonyl (C=O) groups excluding carboxylic acids is 2. The highest BCUT2D eigenvalue weighted by atomic mass is 16.2. The Morgan fingerprint density at radius 3 is 2.46 bits per heavy atom. The zero-order valence-corrected chi connectivity index (χ0v) is 17.0. The molecule has 1 aliphatic rings. The summed E-state index contributed by atoms with van der Waals surface area (Å²) in [6.45, 7) is 9.99. The van der Waals surface area contributed by atoms with E-state index in [0.29, 0.717) is 18.7 Å². The van der Waals surface area contributed by atoms with Gasteiger partial charge in [-0.25, -0.2) is 0 Å². The Balaban J connectivity index is 1.68. The van der Waals surface area contributed by atoms with Crippen LogP contribution >= 0.6 is 0 Å². The van der Waals surface area contributed by atoms with E-state index in [0.717, 1.165) is 42.9 Å². The zero-order chi connectivity index (χ0) is 20.1. The minimum absolute atomic E-state index is 0.0424. The summed E-state index contributed by atoms with van der Waals surface area (Å²) in [5.74, 6) is -0.0394. The van der Waals surface area contributed by atoms with Gasteiger partial charge in [-0.1, -0.05) is 38.1 Å². The fourth-order valence-electron chi connectivity index (χ4n) is 3.72. The molecule has 5 nitrogen and oxygen atoms in total. The first kappa shape index (κ1) is 20.1. The fourth-order valence-corrected chi connectivity index (χ4v) is 3.72. The summed E-state index contributed by atoms with van der Waals surface area (Å²) in [6, 6.07) is 13.9. The summed E-state index contributed by atoms with van der Waals surface area (Å²) in [6.07, 6.45) is 0.794. The molecule has 0 fully saturated rings. The minimum Gasteiger partial charge on any atom is -0.348 e. The van der Waals surface area contributed by atoms with Crippen molar-refractivity contribution in [2.75, 3.05) is 24.5 Å². The van der Waals surface area contributed by atoms with Crippen LogP contribution in [0.1, 0.15) is 47.8 Å². The molecule has 2 aromatic rings. The summed E-state index contributed by atoms with van der Waals surface area (Å²) >= 11 is 0. The third-order valence-corrected chi connectivity index (χ3v) is 5.46. The van der Waals surface area contributed by atoms with Gasteiger partial charge in [0.15, 0.2) is 0 Å². The first-order valence-electron chi connectivity index (χ1n) is 10.0. The van der Waals surface area contributed by atoms with Crippen molar-refractivity contribution in [3.63, 3.8) is 0 Å². The number of anilines is 1. The fraction of sp³-hybridized carbons (Fsp3) is 0.391. The monoisotopic (exact) mass is 379 g/mol. The number of hydrogen-bond acceptors (Lipinski definition) is 3. The lowest BCUT2D eigenvalue weighted by Crippen LogP contribution is -2.26. The molecule has 0 atom stereocenters. The molecule has 0 bridgehead atoms. The lowest BCUT2D eigenvalue weighted by molar-refractivity contribution is -0.116. The first-order chi connectivity index (χ1) is 13.5. The lowest BCUT2D eigenvalue weighted by Gasteiger charge is -2.20. The van der Waals surface area contributed by atoms with E-state index in [2.05, 4.69) is 36.2 Å². The molecule has 0 unspecified atom stereocenters. The molecular weight excluding hydrogens is 350 g/mol. The van der Waals surface area contributed by atoms with Crippen LogP contribution in [0.2, 0.25) is 0 Å². The van der Waals surface area contributed by atoms with E-state index in [4.69, 9.17) is 0 Å². The van der Waals surface area contributed by atoms with Gasteiger partial charge in [0.2, 0.25) is 5.91 Å². The molecule has 1 aliphatic heterocycles. The molecule has 2 amide bonds. The second-order valence-corrected chi connectivity index (χ2v) is 7.18. The highest BCUT2D eigenvalue weighted by Crippen LogP contribution is 2.28. The van der Waals surface area contributed by atoms with Crippen LogP contribution in [0.3, 0.4) is 0 Å². The number of hydrogen-bond donors (Lipinski definition) is 1. The quantitative estimate of drug-likeness (QED) is 0.803. The number of rotatable bonds is 7. The highest BCUT2D eigenvalue weighted by Gasteiger charge is 2.23. The van der Waals surface area contributed by atoms with Crippen molar-refractivity contribution < 1.29 is 9.59 Å². The van der Waals surface area contributed by atoms with Crippen molar-refractivity contribution in [3.8, 4) is 0 Å². The summed E-state index contributed by atoms with van der Waals surface area (Å²) in [5.41, 5.74) is 5.02. The van der Waals surface area contributed by atoms with Gasteiger partial charge in [0.25, 0.3) is 5.91 Å². The third-order valence-electron chi connectivity index (χ3n) is 5.46. The predicted octanol–water partition coefficient (Wildman–Crippen LogP) is 3.37. The smallest absolute Gasteiger partial charge is 0.251 e. The van der Waals surface area contributed by atoms with Gasteiger partial charge >= 0.3 is 0 Å². The number of benzene rings is 2. The lowest BCUT2D eigenvalue weighted by atomic mass is 10.1. The number of nitrogens with zero attached hydrogens (tertiary/aromatic N) is 2. The van der Waals surface area contributed by atoms with E-state index in [1.165, 1.54) is 5.56 Å². The van der Waals surface area contributed by atoms with Gasteiger partial charge in [0.05, 0.1) is 0 Å². The van der Waals surface area contributed by atoms with E-state index in [1.807, 2.05) is 24.3 Å². The Kier molecular flexibility index (Phi) is 6.47. The largest absolute Gasteiger partial charge is 0.348 e. The topological polar surface area (TPSA) is 52.7 Å². The van der Waals surface area contributed by atoms with Crippen molar-refractivity contribution in [1.82, 2.24) is 10.2 Å². The molecule has 0 saturated carbocycles. The molecule has 0 radical (unpaired) electrons. The van der Waals surface area contributed by atoms with Crippen LogP contribution in [0.25, 0.3) is 0 Å². The van der Waals surface area contributed by atoms with Gasteiger partial charge in [-0.15, -0.1) is 0 Å². The van der Waals surface area contributed by atoms with Crippen LogP contribution in [0.4, 0.5) is 5.69 Å². The number of nitrogens with one attached hydrogen (secondary N) is 1. The van der Waals surface area contributed by atoms with Crippen LogP contribution < -0.4 is 10.2 Å². The van der Waals surface area contributed by atoms with Gasteiger partial charge in [0, 0.05) is 37.8 Å². The van der Waals surface area contributed by atoms with Crippen LogP contribution in [-0.2, 0) is 24.3 Å². The first-order valence-corrected chi connectivity index (χ1v) is 10.0. The van der Waals surface area contributed by atoms with E-state index >= 15 is 0 Å². The van der Waals surface area contributed by atoms with E-state index in [9.17, 15) is 9.59 Å². The number of fused-ring (bicyclic) bond motifs is 1. The third kappa shape index (κ3) is 4.42. The second kappa shape index (κ2) is 9.02. The van der Waals surface area contributed by atoms with Crippen molar-refractivity contribution in [1.29, 1.82) is 0 Å². The Morgan fingerprint density at radius 1 is 1.07 bits per heavy atom. The zero-order valence-electron chi connectivity index (χ0n) is 17.0. The predicted molar refractivity (Wildman–Crippen MR) is 112 cm³/mol. The molecule has 0 aliphatic carbocycles. The Hall–Kier alpha value is -2.66. The van der Waals surface area contributed by atoms with Crippen LogP contribution in [0.15, 0.2) is 42.5 Å². The highest BCUT2D eigenvalue weighted by molar-refractivity contribution is 5.97. The molecular formula is C23H29N3O2. The molecule has 0 spiro atoms. The molecule has 1 heterocycles. The molecule has 5 heteroatoms. The number of amides is 2. The second-order valence-electron chi connectivity index (χ2n) is 7.18. The molecule has 28 heavy (non-hydrogen) atoms. The Bertz CT molecular complexity index is 859. The van der Waals surface area contributed by atoms with Gasteiger partial charge in [-0.2, -0.15) is 0 Å². The van der Waals surface area contributed by atoms with E-state index < -0.39 is 0 Å². The average molecular weight is 380 g/mol. The maximum Gasteiger partial charge on any atom is 0.251 e. The molecule has 1 N–H and O–H groups in total. The Morgan fingerprint density at radius 2 is 1.79 bits per heavy atom. The van der Waals surface area contributed by atoms with Crippen LogP contribution in [-0.4, -0.2) is 36.3 Å². The number of carbonyl (C=O) groups is 2. The minimum atomic E-state index is -0.0817. The molecule has 148 valence electrons. The molecule has 0 saturated heterocycles. The normalized spacial score (nSPS) is 12.9. The van der Waals surface area contributed by atoms with Gasteiger partial charge in [-0.05, 0) is 54.4 Å². The standard InChI is InChI=1S/C23H29N3O2/c1-4-25(5-2)16-21-9-7-6-8-20(21)15-24-23(28)19-10-11-22-18(14-19)12-13-26(22)17(3)27/h6-11,14H,4-5,12-13,15-16H2,1-3H3,(H,24,28).